The summed E-state index contributed by atoms with van der Waals surface area (Å²) < 4.78 is 5.73. The number of amides is 3. The molecule has 0 spiro atoms. The molecule has 3 heterocycles. The van der Waals surface area contributed by atoms with Crippen molar-refractivity contribution < 1.29 is 33.8 Å². The monoisotopic (exact) mass is 773 g/mol. The van der Waals surface area contributed by atoms with Gasteiger partial charge in [0, 0.05) is 94.2 Å². The smallest absolute Gasteiger partial charge is 0.313 e. The molecule has 56 heavy (non-hydrogen) atoms. The lowest BCUT2D eigenvalue weighted by Gasteiger charge is -2.31. The number of aryl methyl sites for hydroxylation is 2. The Balaban J connectivity index is 0.000000378. The van der Waals surface area contributed by atoms with E-state index < -0.39 is 17.4 Å². The predicted octanol–water partition coefficient (Wildman–Crippen LogP) is 6.59. The molecule has 4 rings (SSSR count). The molecule has 3 aromatic rings. The summed E-state index contributed by atoms with van der Waals surface area (Å²) >= 11 is 0. The zero-order valence-electron chi connectivity index (χ0n) is 35.1. The number of pyridine rings is 2. The molecule has 1 fully saturated rings. The van der Waals surface area contributed by atoms with Crippen LogP contribution in [0.4, 0.5) is 0 Å². The average Bonchev–Trinajstić information content (AvgIpc) is 3.66. The van der Waals surface area contributed by atoms with Crippen molar-refractivity contribution in [3.8, 4) is 5.75 Å². The minimum Gasteiger partial charge on any atom is -0.481 e. The molecule has 3 amide bonds. The molecule has 12 heteroatoms. The third-order valence-electron chi connectivity index (χ3n) is 9.47. The number of likely N-dealkylation sites (N-methyl/N-ethyl adjacent to an activating group) is 2. The molecule has 2 aromatic heterocycles. The van der Waals surface area contributed by atoms with Gasteiger partial charge in [0.1, 0.15) is 11.8 Å². The fourth-order valence-corrected chi connectivity index (χ4v) is 6.53. The number of aromatic nitrogens is 2. The van der Waals surface area contributed by atoms with E-state index in [0.717, 1.165) is 34.5 Å². The van der Waals surface area contributed by atoms with Gasteiger partial charge in [-0.3, -0.25) is 33.9 Å². The molecule has 12 nitrogen and oxygen atoms in total. The van der Waals surface area contributed by atoms with E-state index in [1.807, 2.05) is 105 Å². The number of benzene rings is 1. The van der Waals surface area contributed by atoms with Gasteiger partial charge in [0.15, 0.2) is 0 Å². The normalized spacial score (nSPS) is 13.5. The van der Waals surface area contributed by atoms with Crippen LogP contribution in [0.15, 0.2) is 60.9 Å². The molecule has 0 bridgehead atoms. The molecule has 1 unspecified atom stereocenters. The molecule has 1 saturated heterocycles. The predicted molar refractivity (Wildman–Crippen MR) is 218 cm³/mol. The van der Waals surface area contributed by atoms with Gasteiger partial charge < -0.3 is 24.5 Å². The molecule has 306 valence electrons. The molecule has 1 aliphatic heterocycles. The summed E-state index contributed by atoms with van der Waals surface area (Å²) in [6.45, 7) is 17.3. The maximum absolute atomic E-state index is 13.0. The number of hydrogen-bond acceptors (Lipinski definition) is 8. The Morgan fingerprint density at radius 2 is 1.46 bits per heavy atom. The number of likely N-dealkylation sites (tertiary alicyclic amines) is 1. The van der Waals surface area contributed by atoms with Crippen molar-refractivity contribution in [2.75, 3.05) is 33.7 Å². The molecule has 1 atom stereocenters. The van der Waals surface area contributed by atoms with Gasteiger partial charge in [0.05, 0.1) is 12.3 Å². The van der Waals surface area contributed by atoms with E-state index in [1.165, 1.54) is 4.90 Å². The van der Waals surface area contributed by atoms with Crippen molar-refractivity contribution in [1.82, 2.24) is 24.7 Å². The highest BCUT2D eigenvalue weighted by atomic mass is 16.5. The molecule has 0 aliphatic carbocycles. The van der Waals surface area contributed by atoms with Crippen LogP contribution in [0, 0.1) is 19.8 Å². The topological polar surface area (TPSA) is 150 Å². The quantitative estimate of drug-likeness (QED) is 0.133. The summed E-state index contributed by atoms with van der Waals surface area (Å²) in [5, 5.41) is 8.69. The fraction of sp³-hybridized carbons (Fsp3) is 0.523. The molecule has 1 aliphatic rings. The Labute approximate surface area is 333 Å². The molecule has 0 radical (unpaired) electrons. The van der Waals surface area contributed by atoms with E-state index in [1.54, 1.807) is 29.2 Å². The van der Waals surface area contributed by atoms with Gasteiger partial charge in [-0.05, 0) is 68.1 Å². The lowest BCUT2D eigenvalue weighted by molar-refractivity contribution is -0.145. The van der Waals surface area contributed by atoms with Crippen molar-refractivity contribution in [2.45, 2.75) is 112 Å². The number of rotatable bonds is 15. The van der Waals surface area contributed by atoms with Crippen molar-refractivity contribution in [1.29, 1.82) is 0 Å². The van der Waals surface area contributed by atoms with Crippen molar-refractivity contribution >= 4 is 29.7 Å². The Bertz CT molecular complexity index is 1730. The number of carboxylic acids is 1. The molecule has 1 aromatic carbocycles. The number of aliphatic carboxylic acids is 1. The number of esters is 1. The highest BCUT2D eigenvalue weighted by Gasteiger charge is 2.35. The van der Waals surface area contributed by atoms with Gasteiger partial charge >= 0.3 is 11.9 Å². The first-order valence-corrected chi connectivity index (χ1v) is 19.6. The number of nitrogens with zero attached hydrogens (tertiary/aromatic N) is 5. The van der Waals surface area contributed by atoms with Crippen LogP contribution in [0.3, 0.4) is 0 Å². The number of ether oxygens (including phenoxy) is 1. The summed E-state index contributed by atoms with van der Waals surface area (Å²) in [6, 6.07) is 14.9. The first-order valence-electron chi connectivity index (χ1n) is 19.6. The molecule has 0 saturated carbocycles. The van der Waals surface area contributed by atoms with Gasteiger partial charge in [-0.1, -0.05) is 59.7 Å². The van der Waals surface area contributed by atoms with Gasteiger partial charge in [-0.2, -0.15) is 0 Å². The number of carbonyl (C=O) groups excluding carboxylic acids is 4. The average molecular weight is 774 g/mol. The number of carbonyl (C=O) groups is 5. The maximum atomic E-state index is 13.0. The standard InChI is InChI=1S/C25H34N2O3.C17H23N3O4.C2H6/c1-17(2)24(29)30-21-15-18(3)14-19(4)23(21)25(5,6)16-22(28)27(7)13-11-20-10-8-9-12-26-20;1-19(12-9-13-5-2-3-10-18-13)17(24)14-6-4-11-20(14)15(21)7-8-16(22)23;1-2/h8-10,12,14-15,17H,11,13,16H2,1-7H3;2-3,5,10,14H,4,6-9,11-12H2,1H3,(H,22,23);1-2H3. The van der Waals surface area contributed by atoms with Crippen LogP contribution in [0.5, 0.6) is 5.75 Å². The third-order valence-corrected chi connectivity index (χ3v) is 9.47. The number of carboxylic acid groups (broad SMARTS) is 1. The summed E-state index contributed by atoms with van der Waals surface area (Å²) in [7, 11) is 3.55. The Morgan fingerprint density at radius 1 is 0.893 bits per heavy atom. The van der Waals surface area contributed by atoms with Crippen molar-refractivity contribution in [3.63, 3.8) is 0 Å². The minimum atomic E-state index is -1.00. The van der Waals surface area contributed by atoms with Crippen LogP contribution in [0.2, 0.25) is 0 Å². The van der Waals surface area contributed by atoms with Crippen LogP contribution in [0.1, 0.15) is 102 Å². The third kappa shape index (κ3) is 14.8. The van der Waals surface area contributed by atoms with E-state index in [-0.39, 0.29) is 42.5 Å². The molecule has 1 N–H and O–H groups in total. The fourth-order valence-electron chi connectivity index (χ4n) is 6.53. The second kappa shape index (κ2) is 23.1. The first-order chi connectivity index (χ1) is 26.5. The largest absolute Gasteiger partial charge is 0.481 e. The lowest BCUT2D eigenvalue weighted by Crippen LogP contribution is -2.47. The Morgan fingerprint density at radius 3 is 1.98 bits per heavy atom. The summed E-state index contributed by atoms with van der Waals surface area (Å²) in [6.07, 6.45) is 6.31. The van der Waals surface area contributed by atoms with Gasteiger partial charge in [0.25, 0.3) is 0 Å². The Hall–Kier alpha value is -5.13. The zero-order chi connectivity index (χ0) is 42.0. The Kier molecular flexibility index (Phi) is 19.4. The number of hydrogen-bond donors (Lipinski definition) is 1. The van der Waals surface area contributed by atoms with Gasteiger partial charge in [-0.25, -0.2) is 0 Å². The van der Waals surface area contributed by atoms with Crippen LogP contribution < -0.4 is 4.74 Å². The van der Waals surface area contributed by atoms with E-state index in [2.05, 4.69) is 16.0 Å². The SMILES string of the molecule is CC.CN(CCc1ccccn1)C(=O)C1CCCN1C(=O)CCC(=O)O.Cc1cc(C)c(C(C)(C)CC(=O)N(C)CCc2ccccn2)c(OC(=O)C(C)C)c1. The summed E-state index contributed by atoms with van der Waals surface area (Å²) in [5.41, 5.74) is 4.36. The zero-order valence-corrected chi connectivity index (χ0v) is 35.1. The summed E-state index contributed by atoms with van der Waals surface area (Å²) in [4.78, 5) is 74.1. The van der Waals surface area contributed by atoms with Crippen LogP contribution in [0.25, 0.3) is 0 Å². The minimum absolute atomic E-state index is 0.0528. The van der Waals surface area contributed by atoms with E-state index in [0.29, 0.717) is 51.1 Å². The van der Waals surface area contributed by atoms with Crippen LogP contribution in [-0.2, 0) is 42.2 Å². The molecular formula is C44H63N5O7. The summed E-state index contributed by atoms with van der Waals surface area (Å²) in [5.74, 6) is -1.23. The highest BCUT2D eigenvalue weighted by molar-refractivity contribution is 5.89. The highest BCUT2D eigenvalue weighted by Crippen LogP contribution is 2.38. The van der Waals surface area contributed by atoms with Crippen LogP contribution in [-0.4, -0.2) is 99.2 Å². The van der Waals surface area contributed by atoms with Gasteiger partial charge in [0.2, 0.25) is 17.7 Å². The second-order valence-corrected chi connectivity index (χ2v) is 14.9. The van der Waals surface area contributed by atoms with Crippen LogP contribution >= 0.6 is 0 Å². The van der Waals surface area contributed by atoms with E-state index >= 15 is 0 Å². The molecular weight excluding hydrogens is 711 g/mol. The first kappa shape index (κ1) is 47.0. The van der Waals surface area contributed by atoms with Crippen molar-refractivity contribution in [3.05, 3.63) is 89.0 Å². The second-order valence-electron chi connectivity index (χ2n) is 14.9. The maximum Gasteiger partial charge on any atom is 0.313 e. The van der Waals surface area contributed by atoms with E-state index in [4.69, 9.17) is 9.84 Å². The van der Waals surface area contributed by atoms with Gasteiger partial charge in [-0.15, -0.1) is 0 Å². The lowest BCUT2D eigenvalue weighted by atomic mass is 9.78. The van der Waals surface area contributed by atoms with E-state index in [9.17, 15) is 24.0 Å². The van der Waals surface area contributed by atoms with Crippen molar-refractivity contribution in [2.24, 2.45) is 5.92 Å².